The van der Waals surface area contributed by atoms with E-state index >= 15 is 0 Å². The van der Waals surface area contributed by atoms with Gasteiger partial charge in [0.1, 0.15) is 12.6 Å². The van der Waals surface area contributed by atoms with Crippen molar-refractivity contribution in [2.24, 2.45) is 11.3 Å². The number of nitrogens with one attached hydrogen (secondary N) is 2. The molecule has 0 bridgehead atoms. The maximum Gasteiger partial charge on any atom is 0.407 e. The van der Waals surface area contributed by atoms with E-state index in [1.54, 1.807) is 6.92 Å². The van der Waals surface area contributed by atoms with Gasteiger partial charge in [0, 0.05) is 12.5 Å². The van der Waals surface area contributed by atoms with Gasteiger partial charge in [-0.1, -0.05) is 82.6 Å². The second-order valence-corrected chi connectivity index (χ2v) is 9.34. The Bertz CT molecular complexity index is 1020. The molecule has 3 rings (SSSR count). The molecule has 2 aromatic carbocycles. The molecule has 2 amide bonds. The lowest BCUT2D eigenvalue weighted by molar-refractivity contribution is -0.145. The zero-order chi connectivity index (χ0) is 25.6. The first-order chi connectivity index (χ1) is 16.8. The minimum absolute atomic E-state index is 0.0505. The van der Waals surface area contributed by atoms with E-state index in [0.29, 0.717) is 19.3 Å². The van der Waals surface area contributed by atoms with Crippen LogP contribution >= 0.6 is 0 Å². The Balaban J connectivity index is 1.64. The predicted octanol–water partition coefficient (Wildman–Crippen LogP) is 4.95. The largest absolute Gasteiger partial charge is 0.480 e. The summed E-state index contributed by atoms with van der Waals surface area (Å²) in [5.41, 5.74) is 3.63. The van der Waals surface area contributed by atoms with Gasteiger partial charge < -0.3 is 20.5 Å². The van der Waals surface area contributed by atoms with E-state index in [9.17, 15) is 19.5 Å². The Morgan fingerprint density at radius 1 is 0.971 bits per heavy atom. The van der Waals surface area contributed by atoms with Crippen molar-refractivity contribution in [1.82, 2.24) is 10.6 Å². The van der Waals surface area contributed by atoms with Crippen LogP contribution in [0.1, 0.15) is 64.0 Å². The summed E-state index contributed by atoms with van der Waals surface area (Å²) in [5.74, 6) is -1.68. The molecular weight excluding hydrogens is 444 g/mol. The van der Waals surface area contributed by atoms with E-state index < -0.39 is 23.5 Å². The van der Waals surface area contributed by atoms with Crippen molar-refractivity contribution in [3.05, 3.63) is 59.7 Å². The summed E-state index contributed by atoms with van der Waals surface area (Å²) >= 11 is 0. The normalized spacial score (nSPS) is 14.4. The van der Waals surface area contributed by atoms with E-state index in [2.05, 4.69) is 34.9 Å². The van der Waals surface area contributed by atoms with Gasteiger partial charge in [-0.3, -0.25) is 4.79 Å². The maximum atomic E-state index is 13.2. The molecule has 7 nitrogen and oxygen atoms in total. The van der Waals surface area contributed by atoms with E-state index in [0.717, 1.165) is 22.3 Å². The Morgan fingerprint density at radius 2 is 1.51 bits per heavy atom. The zero-order valence-electron chi connectivity index (χ0n) is 21.0. The lowest BCUT2D eigenvalue weighted by atomic mass is 9.80. The molecule has 7 heteroatoms. The quantitative estimate of drug-likeness (QED) is 0.422. The fourth-order valence-electron chi connectivity index (χ4n) is 4.77. The number of hydrogen-bond acceptors (Lipinski definition) is 4. The molecule has 0 unspecified atom stereocenters. The number of benzene rings is 2. The van der Waals surface area contributed by atoms with Crippen molar-refractivity contribution in [1.29, 1.82) is 0 Å². The maximum absolute atomic E-state index is 13.2. The number of carbonyl (C=O) groups is 3. The summed E-state index contributed by atoms with van der Waals surface area (Å²) in [7, 11) is 0. The van der Waals surface area contributed by atoms with Crippen molar-refractivity contribution < 1.29 is 24.2 Å². The fraction of sp³-hybridized carbons (Fsp3) is 0.464. The molecule has 2 aromatic rings. The van der Waals surface area contributed by atoms with Crippen LogP contribution in [0.5, 0.6) is 0 Å². The molecule has 188 valence electrons. The van der Waals surface area contributed by atoms with Crippen LogP contribution < -0.4 is 10.6 Å². The monoisotopic (exact) mass is 480 g/mol. The van der Waals surface area contributed by atoms with Gasteiger partial charge in [0.05, 0.1) is 5.41 Å². The second kappa shape index (κ2) is 11.4. The standard InChI is InChI=1S/C28H36N2O5/c1-5-18(4)24(25(31)32)30-26(33)28(6-2,7-3)17-29-27(34)35-16-23-21-14-10-8-12-19(21)20-13-9-11-15-22(20)23/h8-15,18,23-24H,5-7,16-17H2,1-4H3,(H,29,34)(H,30,33)(H,31,32)/t18-,24-/m0/s1. The molecule has 2 atom stereocenters. The number of fused-ring (bicyclic) bond motifs is 3. The predicted molar refractivity (Wildman–Crippen MR) is 135 cm³/mol. The van der Waals surface area contributed by atoms with Crippen LogP contribution in [0.25, 0.3) is 11.1 Å². The molecule has 1 aliphatic rings. The molecule has 35 heavy (non-hydrogen) atoms. The molecule has 0 saturated heterocycles. The van der Waals surface area contributed by atoms with Crippen molar-refractivity contribution in [2.75, 3.05) is 13.2 Å². The Hall–Kier alpha value is -3.35. The highest BCUT2D eigenvalue weighted by Crippen LogP contribution is 2.44. The minimum atomic E-state index is -1.06. The minimum Gasteiger partial charge on any atom is -0.480 e. The van der Waals surface area contributed by atoms with Gasteiger partial charge in [-0.2, -0.15) is 0 Å². The topological polar surface area (TPSA) is 105 Å². The van der Waals surface area contributed by atoms with Crippen molar-refractivity contribution in [3.8, 4) is 11.1 Å². The van der Waals surface area contributed by atoms with Gasteiger partial charge in [-0.05, 0) is 41.0 Å². The molecule has 1 aliphatic carbocycles. The molecule has 0 spiro atoms. The lowest BCUT2D eigenvalue weighted by Crippen LogP contribution is -2.54. The van der Waals surface area contributed by atoms with Gasteiger partial charge in [0.25, 0.3) is 0 Å². The molecule has 0 radical (unpaired) electrons. The summed E-state index contributed by atoms with van der Waals surface area (Å²) in [6.45, 7) is 7.66. The van der Waals surface area contributed by atoms with E-state index in [1.165, 1.54) is 0 Å². The highest BCUT2D eigenvalue weighted by atomic mass is 16.5. The Labute approximate surface area is 207 Å². The third-order valence-electron chi connectivity index (χ3n) is 7.52. The number of amides is 2. The lowest BCUT2D eigenvalue weighted by Gasteiger charge is -2.32. The summed E-state index contributed by atoms with van der Waals surface area (Å²) in [4.78, 5) is 37.5. The van der Waals surface area contributed by atoms with Crippen LogP contribution in [-0.2, 0) is 14.3 Å². The molecule has 0 fully saturated rings. The summed E-state index contributed by atoms with van der Waals surface area (Å²) in [5, 5.41) is 15.0. The van der Waals surface area contributed by atoms with Crippen LogP contribution in [0.3, 0.4) is 0 Å². The summed E-state index contributed by atoms with van der Waals surface area (Å²) in [6, 6.07) is 15.3. The number of aliphatic carboxylic acids is 1. The first-order valence-corrected chi connectivity index (χ1v) is 12.4. The first kappa shape index (κ1) is 26.3. The number of alkyl carbamates (subject to hydrolysis) is 1. The smallest absolute Gasteiger partial charge is 0.407 e. The van der Waals surface area contributed by atoms with Crippen LogP contribution in [0.2, 0.25) is 0 Å². The number of rotatable bonds is 11. The SMILES string of the molecule is CC[C@H](C)[C@H](NC(=O)C(CC)(CC)CNC(=O)OCC1c2ccccc2-c2ccccc21)C(=O)O. The molecule has 3 N–H and O–H groups in total. The van der Waals surface area contributed by atoms with Gasteiger partial charge in [0.2, 0.25) is 5.91 Å². The first-order valence-electron chi connectivity index (χ1n) is 12.4. The summed E-state index contributed by atoms with van der Waals surface area (Å²) < 4.78 is 5.60. The molecular formula is C28H36N2O5. The Kier molecular flexibility index (Phi) is 8.54. The number of carboxylic acid groups (broad SMARTS) is 1. The van der Waals surface area contributed by atoms with Gasteiger partial charge >= 0.3 is 12.1 Å². The molecule has 0 aliphatic heterocycles. The van der Waals surface area contributed by atoms with Crippen molar-refractivity contribution in [2.45, 2.75) is 58.9 Å². The van der Waals surface area contributed by atoms with Crippen LogP contribution in [0.4, 0.5) is 4.79 Å². The average molecular weight is 481 g/mol. The third-order valence-corrected chi connectivity index (χ3v) is 7.52. The second-order valence-electron chi connectivity index (χ2n) is 9.34. The van der Waals surface area contributed by atoms with E-state index in [-0.39, 0.29) is 30.9 Å². The zero-order valence-corrected chi connectivity index (χ0v) is 21.0. The van der Waals surface area contributed by atoms with Crippen molar-refractivity contribution in [3.63, 3.8) is 0 Å². The highest BCUT2D eigenvalue weighted by Gasteiger charge is 2.39. The highest BCUT2D eigenvalue weighted by molar-refractivity contribution is 5.88. The fourth-order valence-corrected chi connectivity index (χ4v) is 4.77. The number of carbonyl (C=O) groups excluding carboxylic acids is 2. The third kappa shape index (κ3) is 5.50. The number of carboxylic acids is 1. The van der Waals surface area contributed by atoms with Gasteiger partial charge in [-0.25, -0.2) is 9.59 Å². The van der Waals surface area contributed by atoms with Crippen molar-refractivity contribution >= 4 is 18.0 Å². The molecule has 0 saturated carbocycles. The number of hydrogen-bond donors (Lipinski definition) is 3. The van der Waals surface area contributed by atoms with E-state index in [4.69, 9.17) is 4.74 Å². The van der Waals surface area contributed by atoms with Gasteiger partial charge in [-0.15, -0.1) is 0 Å². The number of ether oxygens (including phenoxy) is 1. The van der Waals surface area contributed by atoms with Crippen LogP contribution in [-0.4, -0.2) is 42.3 Å². The molecule has 0 aromatic heterocycles. The van der Waals surface area contributed by atoms with E-state index in [1.807, 2.05) is 45.0 Å². The van der Waals surface area contributed by atoms with Gasteiger partial charge in [0.15, 0.2) is 0 Å². The Morgan fingerprint density at radius 3 is 2.00 bits per heavy atom. The summed E-state index contributed by atoms with van der Waals surface area (Å²) in [6.07, 6.45) is 0.931. The van der Waals surface area contributed by atoms with Crippen LogP contribution in [0.15, 0.2) is 48.5 Å². The average Bonchev–Trinajstić information content (AvgIpc) is 3.20. The van der Waals surface area contributed by atoms with Crippen LogP contribution in [0, 0.1) is 11.3 Å². The molecule has 0 heterocycles.